The third-order valence-corrected chi connectivity index (χ3v) is 6.64. The lowest BCUT2D eigenvalue weighted by Gasteiger charge is -2.16. The van der Waals surface area contributed by atoms with E-state index in [9.17, 15) is 19.2 Å². The van der Waals surface area contributed by atoms with Crippen molar-refractivity contribution in [3.05, 3.63) is 28.7 Å². The Balaban J connectivity index is 1.42. The van der Waals surface area contributed by atoms with Gasteiger partial charge in [-0.05, 0) is 43.7 Å². The molecular formula is C19H20N2O5S. The first-order valence-corrected chi connectivity index (χ1v) is 9.83. The van der Waals surface area contributed by atoms with Crippen LogP contribution in [0, 0.1) is 30.6 Å². The number of esters is 1. The Morgan fingerprint density at radius 2 is 1.85 bits per heavy atom. The van der Waals surface area contributed by atoms with Crippen LogP contribution in [0.5, 0.6) is 0 Å². The van der Waals surface area contributed by atoms with Gasteiger partial charge in [0.15, 0.2) is 0 Å². The zero-order chi connectivity index (χ0) is 19.3. The standard InChI is InChI=1S/C19H20N2O5S/c1-3-26-19(25)16-9(2)6-13(27-16)20-12(22)8-21-17(23)14-10-4-5-11(7-10)15(14)18(21)24/h4-6,10-11,14-15H,3,7-8H2,1-2H3,(H,20,22). The van der Waals surface area contributed by atoms with Gasteiger partial charge in [0.2, 0.25) is 17.7 Å². The average Bonchev–Trinajstić information content (AvgIpc) is 3.36. The maximum Gasteiger partial charge on any atom is 0.348 e. The molecule has 27 heavy (non-hydrogen) atoms. The van der Waals surface area contributed by atoms with Crippen LogP contribution in [0.1, 0.15) is 28.6 Å². The molecule has 3 amide bonds. The number of fused-ring (bicyclic) bond motifs is 5. The summed E-state index contributed by atoms with van der Waals surface area (Å²) >= 11 is 1.12. The molecule has 0 radical (unpaired) electrons. The number of imide groups is 1. The molecule has 1 saturated heterocycles. The van der Waals surface area contributed by atoms with Gasteiger partial charge >= 0.3 is 5.97 Å². The van der Waals surface area contributed by atoms with E-state index in [-0.39, 0.29) is 48.6 Å². The van der Waals surface area contributed by atoms with Gasteiger partial charge in [-0.15, -0.1) is 11.3 Å². The largest absolute Gasteiger partial charge is 0.462 e. The normalized spacial score (nSPS) is 28.0. The van der Waals surface area contributed by atoms with Crippen molar-refractivity contribution in [2.45, 2.75) is 20.3 Å². The number of nitrogens with zero attached hydrogens (tertiary/aromatic N) is 1. The van der Waals surface area contributed by atoms with Gasteiger partial charge in [0.1, 0.15) is 11.4 Å². The third-order valence-electron chi connectivity index (χ3n) is 5.50. The van der Waals surface area contributed by atoms with Crippen molar-refractivity contribution in [3.63, 3.8) is 0 Å². The van der Waals surface area contributed by atoms with Crippen molar-refractivity contribution in [1.29, 1.82) is 0 Å². The Hall–Kier alpha value is -2.48. The molecule has 7 nitrogen and oxygen atoms in total. The zero-order valence-corrected chi connectivity index (χ0v) is 15.9. The summed E-state index contributed by atoms with van der Waals surface area (Å²) in [7, 11) is 0. The van der Waals surface area contributed by atoms with Gasteiger partial charge in [-0.1, -0.05) is 12.2 Å². The van der Waals surface area contributed by atoms with E-state index in [1.54, 1.807) is 19.9 Å². The van der Waals surface area contributed by atoms with E-state index in [1.807, 2.05) is 12.2 Å². The van der Waals surface area contributed by atoms with Crippen molar-refractivity contribution in [3.8, 4) is 0 Å². The number of likely N-dealkylation sites (tertiary alicyclic amines) is 1. The lowest BCUT2D eigenvalue weighted by atomic mass is 9.85. The predicted octanol–water partition coefficient (Wildman–Crippen LogP) is 1.98. The highest BCUT2D eigenvalue weighted by molar-refractivity contribution is 7.18. The summed E-state index contributed by atoms with van der Waals surface area (Å²) in [5.41, 5.74) is 0.708. The molecule has 3 aliphatic rings. The van der Waals surface area contributed by atoms with E-state index in [4.69, 9.17) is 4.74 Å². The predicted molar refractivity (Wildman–Crippen MR) is 98.1 cm³/mol. The number of amides is 3. The van der Waals surface area contributed by atoms with Crippen LogP contribution in [0.4, 0.5) is 5.00 Å². The quantitative estimate of drug-likeness (QED) is 0.473. The number of carbonyl (C=O) groups excluding carboxylic acids is 4. The Kier molecular flexibility index (Phi) is 4.38. The summed E-state index contributed by atoms with van der Waals surface area (Å²) in [6.07, 6.45) is 4.90. The summed E-state index contributed by atoms with van der Waals surface area (Å²) in [6, 6.07) is 1.68. The highest BCUT2D eigenvalue weighted by atomic mass is 32.1. The molecule has 4 unspecified atom stereocenters. The molecule has 4 atom stereocenters. The minimum absolute atomic E-state index is 0.122. The molecule has 2 aliphatic carbocycles. The fraction of sp³-hybridized carbons (Fsp3) is 0.474. The Labute approximate surface area is 160 Å². The first-order valence-electron chi connectivity index (χ1n) is 9.01. The average molecular weight is 388 g/mol. The summed E-state index contributed by atoms with van der Waals surface area (Å²) in [5.74, 6) is -1.74. The minimum atomic E-state index is -0.450. The van der Waals surface area contributed by atoms with Crippen molar-refractivity contribution in [2.24, 2.45) is 23.7 Å². The van der Waals surface area contributed by atoms with Crippen LogP contribution in [0.25, 0.3) is 0 Å². The second-order valence-corrected chi connectivity index (χ2v) is 8.21. The number of thiophene rings is 1. The third kappa shape index (κ3) is 2.88. The van der Waals surface area contributed by atoms with Gasteiger partial charge < -0.3 is 10.1 Å². The number of nitrogens with one attached hydrogen (secondary N) is 1. The lowest BCUT2D eigenvalue weighted by molar-refractivity contribution is -0.143. The van der Waals surface area contributed by atoms with Crippen molar-refractivity contribution < 1.29 is 23.9 Å². The maximum atomic E-state index is 12.6. The number of rotatable bonds is 5. The van der Waals surface area contributed by atoms with E-state index in [0.29, 0.717) is 15.4 Å². The maximum absolute atomic E-state index is 12.6. The molecule has 0 spiro atoms. The van der Waals surface area contributed by atoms with Gasteiger partial charge in [0.05, 0.1) is 23.4 Å². The number of hydrogen-bond donors (Lipinski definition) is 1. The smallest absolute Gasteiger partial charge is 0.348 e. The van der Waals surface area contributed by atoms with E-state index < -0.39 is 11.9 Å². The van der Waals surface area contributed by atoms with Gasteiger partial charge in [-0.2, -0.15) is 0 Å². The van der Waals surface area contributed by atoms with Crippen LogP contribution < -0.4 is 5.32 Å². The van der Waals surface area contributed by atoms with Gasteiger partial charge in [-0.25, -0.2) is 4.79 Å². The van der Waals surface area contributed by atoms with E-state index in [2.05, 4.69) is 5.32 Å². The molecule has 1 aromatic heterocycles. The van der Waals surface area contributed by atoms with Gasteiger partial charge in [0.25, 0.3) is 0 Å². The molecule has 0 aromatic carbocycles. The molecule has 8 heteroatoms. The van der Waals surface area contributed by atoms with Crippen LogP contribution in [0.3, 0.4) is 0 Å². The highest BCUT2D eigenvalue weighted by Crippen LogP contribution is 2.52. The molecular weight excluding hydrogens is 368 g/mol. The Bertz CT molecular complexity index is 843. The Morgan fingerprint density at radius 1 is 1.22 bits per heavy atom. The van der Waals surface area contributed by atoms with Crippen LogP contribution >= 0.6 is 11.3 Å². The van der Waals surface area contributed by atoms with Crippen LogP contribution in [-0.4, -0.2) is 41.7 Å². The van der Waals surface area contributed by atoms with E-state index >= 15 is 0 Å². The topological polar surface area (TPSA) is 92.8 Å². The summed E-state index contributed by atoms with van der Waals surface area (Å²) in [5, 5.41) is 3.17. The number of anilines is 1. The SMILES string of the molecule is CCOC(=O)c1sc(NC(=O)CN2C(=O)C3C4C=CC(C4)C3C2=O)cc1C. The first-order chi connectivity index (χ1) is 12.9. The number of ether oxygens (including phenoxy) is 1. The van der Waals surface area contributed by atoms with E-state index in [0.717, 1.165) is 22.7 Å². The van der Waals surface area contributed by atoms with Gasteiger partial charge in [0, 0.05) is 0 Å². The number of carbonyl (C=O) groups is 4. The fourth-order valence-corrected chi connectivity index (χ4v) is 5.37. The Morgan fingerprint density at radius 3 is 2.44 bits per heavy atom. The van der Waals surface area contributed by atoms with Crippen molar-refractivity contribution >= 4 is 40.0 Å². The second-order valence-electron chi connectivity index (χ2n) is 7.15. The van der Waals surface area contributed by atoms with E-state index in [1.165, 1.54) is 0 Å². The van der Waals surface area contributed by atoms with Crippen molar-refractivity contribution in [1.82, 2.24) is 4.90 Å². The molecule has 2 heterocycles. The molecule has 1 N–H and O–H groups in total. The summed E-state index contributed by atoms with van der Waals surface area (Å²) in [4.78, 5) is 51.0. The molecule has 2 fully saturated rings. The monoisotopic (exact) mass is 388 g/mol. The molecule has 2 bridgehead atoms. The minimum Gasteiger partial charge on any atom is -0.462 e. The lowest BCUT2D eigenvalue weighted by Crippen LogP contribution is -2.39. The first kappa shape index (κ1) is 17.9. The van der Waals surface area contributed by atoms with Crippen molar-refractivity contribution in [2.75, 3.05) is 18.5 Å². The molecule has 1 saturated carbocycles. The zero-order valence-electron chi connectivity index (χ0n) is 15.1. The summed E-state index contributed by atoms with van der Waals surface area (Å²) < 4.78 is 4.99. The fourth-order valence-electron chi connectivity index (χ4n) is 4.38. The number of aryl methyl sites for hydroxylation is 1. The molecule has 1 aliphatic heterocycles. The highest BCUT2D eigenvalue weighted by Gasteiger charge is 2.59. The van der Waals surface area contributed by atoms with Gasteiger partial charge in [-0.3, -0.25) is 19.3 Å². The number of allylic oxidation sites excluding steroid dienone is 2. The summed E-state index contributed by atoms with van der Waals surface area (Å²) in [6.45, 7) is 3.46. The molecule has 142 valence electrons. The second kappa shape index (κ2) is 6.60. The number of hydrogen-bond acceptors (Lipinski definition) is 6. The van der Waals surface area contributed by atoms with Crippen LogP contribution in [-0.2, 0) is 19.1 Å². The molecule has 4 rings (SSSR count). The molecule has 1 aromatic rings. The van der Waals surface area contributed by atoms with Crippen LogP contribution in [0.15, 0.2) is 18.2 Å². The van der Waals surface area contributed by atoms with Crippen LogP contribution in [0.2, 0.25) is 0 Å².